The first-order valence-corrected chi connectivity index (χ1v) is 8.33. The molecule has 0 aliphatic heterocycles. The molecule has 0 aromatic carbocycles. The highest BCUT2D eigenvalue weighted by Crippen LogP contribution is 2.23. The van der Waals surface area contributed by atoms with Gasteiger partial charge < -0.3 is 24.1 Å². The molecule has 0 rings (SSSR count). The Hall–Kier alpha value is -2.68. The molecule has 9 heteroatoms. The summed E-state index contributed by atoms with van der Waals surface area (Å²) in [5, 5.41) is 9.62. The van der Waals surface area contributed by atoms with Crippen LogP contribution in [-0.4, -0.2) is 62.0 Å². The molecule has 0 aromatic heterocycles. The summed E-state index contributed by atoms with van der Waals surface area (Å²) in [6.45, 7) is 7.17. The summed E-state index contributed by atoms with van der Waals surface area (Å²) in [5.41, 5.74) is -0.957. The minimum absolute atomic E-state index is 0.152. The van der Waals surface area contributed by atoms with E-state index in [1.807, 2.05) is 0 Å². The molecule has 1 N–H and O–H groups in total. The first kappa shape index (κ1) is 24.3. The molecule has 0 heterocycles. The topological polar surface area (TPSA) is 125 Å². The van der Waals surface area contributed by atoms with Gasteiger partial charge in [0.1, 0.15) is 26.4 Å². The molecular formula is C18H26O9. The fraction of sp³-hybridized carbons (Fsp3) is 0.556. The largest absolute Gasteiger partial charge is 0.465 e. The zero-order valence-electron chi connectivity index (χ0n) is 15.4. The number of ether oxygens (including phenoxy) is 4. The van der Waals surface area contributed by atoms with Crippen LogP contribution in [0.1, 0.15) is 26.2 Å². The molecule has 0 aliphatic carbocycles. The number of carbonyl (C=O) groups is 4. The summed E-state index contributed by atoms with van der Waals surface area (Å²) >= 11 is 0. The van der Waals surface area contributed by atoms with Crippen LogP contribution in [-0.2, 0) is 38.1 Å². The molecule has 0 saturated carbocycles. The van der Waals surface area contributed by atoms with E-state index in [2.05, 4.69) is 22.6 Å². The van der Waals surface area contributed by atoms with Gasteiger partial charge in [0.2, 0.25) is 0 Å². The Labute approximate surface area is 157 Å². The monoisotopic (exact) mass is 386 g/mol. The van der Waals surface area contributed by atoms with Crippen LogP contribution < -0.4 is 0 Å². The lowest BCUT2D eigenvalue weighted by Gasteiger charge is -2.29. The fourth-order valence-electron chi connectivity index (χ4n) is 1.65. The molecule has 27 heavy (non-hydrogen) atoms. The van der Waals surface area contributed by atoms with Crippen LogP contribution in [0.4, 0.5) is 0 Å². The van der Waals surface area contributed by atoms with Gasteiger partial charge in [0.05, 0.1) is 24.9 Å². The fourth-order valence-corrected chi connectivity index (χ4v) is 1.65. The van der Waals surface area contributed by atoms with Crippen LogP contribution in [0.15, 0.2) is 25.3 Å². The van der Waals surface area contributed by atoms with E-state index >= 15 is 0 Å². The van der Waals surface area contributed by atoms with Gasteiger partial charge in [0.25, 0.3) is 0 Å². The molecule has 0 spiro atoms. The van der Waals surface area contributed by atoms with Gasteiger partial charge in [-0.15, -0.1) is 0 Å². The zero-order valence-corrected chi connectivity index (χ0v) is 15.4. The van der Waals surface area contributed by atoms with Crippen LogP contribution in [0.25, 0.3) is 0 Å². The van der Waals surface area contributed by atoms with Crippen molar-refractivity contribution >= 4 is 23.9 Å². The summed E-state index contributed by atoms with van der Waals surface area (Å²) in [5.74, 6) is -2.54. The molecule has 0 radical (unpaired) electrons. The van der Waals surface area contributed by atoms with Gasteiger partial charge in [0.15, 0.2) is 0 Å². The van der Waals surface area contributed by atoms with Crippen LogP contribution in [0.3, 0.4) is 0 Å². The summed E-state index contributed by atoms with van der Waals surface area (Å²) in [6.07, 6.45) is 2.03. The molecule has 152 valence electrons. The van der Waals surface area contributed by atoms with Crippen molar-refractivity contribution in [1.29, 1.82) is 0 Å². The van der Waals surface area contributed by atoms with Gasteiger partial charge in [-0.25, -0.2) is 9.59 Å². The van der Waals surface area contributed by atoms with Gasteiger partial charge in [-0.1, -0.05) is 20.1 Å². The van der Waals surface area contributed by atoms with Gasteiger partial charge in [-0.05, 0) is 6.42 Å². The van der Waals surface area contributed by atoms with Crippen LogP contribution in [0, 0.1) is 5.41 Å². The van der Waals surface area contributed by atoms with E-state index < -0.39 is 29.3 Å². The summed E-state index contributed by atoms with van der Waals surface area (Å²) < 4.78 is 19.5. The molecular weight excluding hydrogens is 360 g/mol. The van der Waals surface area contributed by atoms with Crippen molar-refractivity contribution in [3.05, 3.63) is 25.3 Å². The van der Waals surface area contributed by atoms with Gasteiger partial charge in [-0.2, -0.15) is 0 Å². The maximum absolute atomic E-state index is 11.7. The van der Waals surface area contributed by atoms with Crippen molar-refractivity contribution in [1.82, 2.24) is 0 Å². The van der Waals surface area contributed by atoms with E-state index in [1.165, 1.54) is 0 Å². The Balaban J connectivity index is 4.32. The van der Waals surface area contributed by atoms with Crippen molar-refractivity contribution < 1.29 is 43.2 Å². The zero-order chi connectivity index (χ0) is 20.7. The van der Waals surface area contributed by atoms with E-state index in [4.69, 9.17) is 9.47 Å². The van der Waals surface area contributed by atoms with E-state index in [9.17, 15) is 24.3 Å². The highest BCUT2D eigenvalue weighted by molar-refractivity contribution is 5.81. The quantitative estimate of drug-likeness (QED) is 0.261. The number of carbonyl (C=O) groups excluding carboxylic acids is 4. The molecule has 0 aliphatic rings. The Morgan fingerprint density at radius 2 is 1.26 bits per heavy atom. The van der Waals surface area contributed by atoms with Gasteiger partial charge >= 0.3 is 23.9 Å². The third kappa shape index (κ3) is 10.8. The number of aliphatic hydroxyl groups excluding tert-OH is 1. The number of hydrogen-bond donors (Lipinski definition) is 1. The second kappa shape index (κ2) is 13.5. The Bertz CT molecular complexity index is 491. The number of rotatable bonds is 14. The lowest BCUT2D eigenvalue weighted by molar-refractivity contribution is -0.158. The summed E-state index contributed by atoms with van der Waals surface area (Å²) in [7, 11) is 0. The van der Waals surface area contributed by atoms with Gasteiger partial charge in [0, 0.05) is 12.2 Å². The van der Waals surface area contributed by atoms with Crippen molar-refractivity contribution in [3.63, 3.8) is 0 Å². The Morgan fingerprint density at radius 3 is 1.56 bits per heavy atom. The number of esters is 4. The van der Waals surface area contributed by atoms with E-state index in [-0.39, 0.29) is 45.9 Å². The average Bonchev–Trinajstić information content (AvgIpc) is 2.68. The third-order valence-corrected chi connectivity index (χ3v) is 3.60. The number of aliphatic hydroxyl groups is 1. The Kier molecular flexibility index (Phi) is 12.2. The molecule has 0 aromatic rings. The highest BCUT2D eigenvalue weighted by atomic mass is 16.6. The molecule has 0 saturated heterocycles. The van der Waals surface area contributed by atoms with Crippen LogP contribution in [0.2, 0.25) is 0 Å². The second-order valence-corrected chi connectivity index (χ2v) is 5.58. The second-order valence-electron chi connectivity index (χ2n) is 5.58. The van der Waals surface area contributed by atoms with Crippen LogP contribution in [0.5, 0.6) is 0 Å². The normalized spacial score (nSPS) is 10.4. The number of hydrogen-bond acceptors (Lipinski definition) is 9. The maximum Gasteiger partial charge on any atom is 0.330 e. The highest BCUT2D eigenvalue weighted by Gasteiger charge is 2.31. The molecule has 0 amide bonds. The van der Waals surface area contributed by atoms with E-state index in [1.54, 1.807) is 6.92 Å². The van der Waals surface area contributed by atoms with Gasteiger partial charge in [-0.3, -0.25) is 9.59 Å². The minimum atomic E-state index is -0.957. The average molecular weight is 386 g/mol. The molecule has 0 unspecified atom stereocenters. The Morgan fingerprint density at radius 1 is 0.852 bits per heavy atom. The lowest BCUT2D eigenvalue weighted by Crippen LogP contribution is -2.37. The van der Waals surface area contributed by atoms with Crippen LogP contribution >= 0.6 is 0 Å². The third-order valence-electron chi connectivity index (χ3n) is 3.60. The predicted octanol–water partition coefficient (Wildman–Crippen LogP) is 0.700. The standard InChI is InChI=1S/C18H26O9/c1-4-14(20)24-9-7-16(22)26-12-18(6-3,11-19)13-27-17(23)8-10-25-15(21)5-2/h4-5,19H,1-2,6-13H2,3H3. The van der Waals surface area contributed by atoms with Crippen molar-refractivity contribution in [2.75, 3.05) is 33.0 Å². The molecule has 0 fully saturated rings. The smallest absolute Gasteiger partial charge is 0.330 e. The summed E-state index contributed by atoms with van der Waals surface area (Å²) in [6, 6.07) is 0. The van der Waals surface area contributed by atoms with Crippen molar-refractivity contribution in [2.45, 2.75) is 26.2 Å². The SMILES string of the molecule is C=CC(=O)OCCC(=O)OCC(CC)(CO)COC(=O)CCOC(=O)C=C. The molecule has 0 bridgehead atoms. The predicted molar refractivity (Wildman–Crippen MR) is 93.3 cm³/mol. The lowest BCUT2D eigenvalue weighted by atomic mass is 9.88. The summed E-state index contributed by atoms with van der Waals surface area (Å²) in [4.78, 5) is 45.1. The maximum atomic E-state index is 11.7. The van der Waals surface area contributed by atoms with Crippen molar-refractivity contribution in [2.24, 2.45) is 5.41 Å². The van der Waals surface area contributed by atoms with E-state index in [0.717, 1.165) is 12.2 Å². The molecule has 0 atom stereocenters. The first-order chi connectivity index (χ1) is 12.8. The molecule has 9 nitrogen and oxygen atoms in total. The van der Waals surface area contributed by atoms with E-state index in [0.29, 0.717) is 6.42 Å². The first-order valence-electron chi connectivity index (χ1n) is 8.33. The van der Waals surface area contributed by atoms with Crippen molar-refractivity contribution in [3.8, 4) is 0 Å². The minimum Gasteiger partial charge on any atom is -0.465 e.